The van der Waals surface area contributed by atoms with Gasteiger partial charge in [-0.05, 0) is 47.8 Å². The van der Waals surface area contributed by atoms with E-state index in [0.717, 1.165) is 37.8 Å². The number of unbranched alkanes of at least 4 members (excludes halogenated alkanes) is 1. The van der Waals surface area contributed by atoms with Crippen molar-refractivity contribution in [2.75, 3.05) is 6.54 Å². The van der Waals surface area contributed by atoms with E-state index in [0.29, 0.717) is 4.47 Å². The van der Waals surface area contributed by atoms with Crippen LogP contribution in [0.2, 0.25) is 0 Å². The van der Waals surface area contributed by atoms with Crippen LogP contribution in [0.5, 0.6) is 0 Å². The summed E-state index contributed by atoms with van der Waals surface area (Å²) in [5, 5.41) is 3.38. The van der Waals surface area contributed by atoms with Crippen LogP contribution < -0.4 is 5.32 Å². The highest BCUT2D eigenvalue weighted by Crippen LogP contribution is 2.26. The SMILES string of the molecule is C#CCCCC(NCCC)c1cccc(Br)c1F. The molecule has 1 N–H and O–H groups in total. The summed E-state index contributed by atoms with van der Waals surface area (Å²) in [7, 11) is 0. The first-order chi connectivity index (χ1) is 8.70. The Hall–Kier alpha value is -0.850. The van der Waals surface area contributed by atoms with Gasteiger partial charge in [-0.3, -0.25) is 0 Å². The summed E-state index contributed by atoms with van der Waals surface area (Å²) >= 11 is 3.23. The molecule has 0 heterocycles. The summed E-state index contributed by atoms with van der Waals surface area (Å²) in [5.74, 6) is 2.45. The smallest absolute Gasteiger partial charge is 0.142 e. The van der Waals surface area contributed by atoms with E-state index in [2.05, 4.69) is 34.1 Å². The molecule has 0 saturated carbocycles. The van der Waals surface area contributed by atoms with Gasteiger partial charge in [-0.1, -0.05) is 19.1 Å². The topological polar surface area (TPSA) is 12.0 Å². The van der Waals surface area contributed by atoms with E-state index in [1.54, 1.807) is 6.07 Å². The van der Waals surface area contributed by atoms with Crippen LogP contribution in [0.4, 0.5) is 4.39 Å². The molecule has 0 radical (unpaired) electrons. The molecular formula is C15H19BrFN. The van der Waals surface area contributed by atoms with Gasteiger partial charge in [-0.2, -0.15) is 0 Å². The summed E-state index contributed by atoms with van der Waals surface area (Å²) < 4.78 is 14.6. The van der Waals surface area contributed by atoms with Crippen molar-refractivity contribution in [1.29, 1.82) is 0 Å². The zero-order valence-corrected chi connectivity index (χ0v) is 12.3. The monoisotopic (exact) mass is 311 g/mol. The van der Waals surface area contributed by atoms with Crippen molar-refractivity contribution in [1.82, 2.24) is 5.32 Å². The van der Waals surface area contributed by atoms with Gasteiger partial charge in [0.15, 0.2) is 0 Å². The van der Waals surface area contributed by atoms with Gasteiger partial charge in [0.1, 0.15) is 5.82 Å². The number of halogens is 2. The van der Waals surface area contributed by atoms with Gasteiger partial charge < -0.3 is 5.32 Å². The quantitative estimate of drug-likeness (QED) is 0.580. The molecule has 0 aliphatic heterocycles. The fourth-order valence-electron chi connectivity index (χ4n) is 1.88. The van der Waals surface area contributed by atoms with E-state index >= 15 is 0 Å². The van der Waals surface area contributed by atoms with E-state index in [1.165, 1.54) is 0 Å². The second-order valence-electron chi connectivity index (χ2n) is 4.25. The van der Waals surface area contributed by atoms with Crippen LogP contribution >= 0.6 is 15.9 Å². The Morgan fingerprint density at radius 1 is 1.50 bits per heavy atom. The summed E-state index contributed by atoms with van der Waals surface area (Å²) in [6, 6.07) is 5.46. The Kier molecular flexibility index (Phi) is 7.00. The van der Waals surface area contributed by atoms with E-state index in [4.69, 9.17) is 6.42 Å². The fourth-order valence-corrected chi connectivity index (χ4v) is 2.27. The normalized spacial score (nSPS) is 12.1. The molecule has 1 rings (SSSR count). The van der Waals surface area contributed by atoms with Gasteiger partial charge in [0, 0.05) is 18.0 Å². The molecule has 0 fully saturated rings. The molecule has 0 aliphatic carbocycles. The van der Waals surface area contributed by atoms with Crippen LogP contribution in [-0.2, 0) is 0 Å². The van der Waals surface area contributed by atoms with E-state index in [1.807, 2.05) is 12.1 Å². The van der Waals surface area contributed by atoms with Crippen molar-refractivity contribution < 1.29 is 4.39 Å². The zero-order valence-electron chi connectivity index (χ0n) is 10.7. The maximum Gasteiger partial charge on any atom is 0.142 e. The Labute approximate surface area is 117 Å². The van der Waals surface area contributed by atoms with E-state index in [-0.39, 0.29) is 11.9 Å². The lowest BCUT2D eigenvalue weighted by Crippen LogP contribution is -2.23. The van der Waals surface area contributed by atoms with Crippen LogP contribution in [0.3, 0.4) is 0 Å². The summed E-state index contributed by atoms with van der Waals surface area (Å²) in [6.07, 6.45) is 8.79. The number of benzene rings is 1. The highest BCUT2D eigenvalue weighted by atomic mass is 79.9. The number of nitrogens with one attached hydrogen (secondary N) is 1. The lowest BCUT2D eigenvalue weighted by molar-refractivity contribution is 0.463. The van der Waals surface area contributed by atoms with Crippen LogP contribution in [0.25, 0.3) is 0 Å². The first kappa shape index (κ1) is 15.2. The molecular weight excluding hydrogens is 293 g/mol. The lowest BCUT2D eigenvalue weighted by Gasteiger charge is -2.19. The van der Waals surface area contributed by atoms with Crippen LogP contribution in [0.15, 0.2) is 22.7 Å². The molecule has 1 aromatic carbocycles. The largest absolute Gasteiger partial charge is 0.310 e. The minimum Gasteiger partial charge on any atom is -0.310 e. The minimum absolute atomic E-state index is 0.0378. The number of rotatable bonds is 7. The fraction of sp³-hybridized carbons (Fsp3) is 0.467. The molecule has 1 nitrogen and oxygen atoms in total. The first-order valence-electron chi connectivity index (χ1n) is 6.31. The Balaban J connectivity index is 2.80. The molecule has 0 aliphatic rings. The number of terminal acetylenes is 1. The van der Waals surface area contributed by atoms with E-state index < -0.39 is 0 Å². The van der Waals surface area contributed by atoms with Crippen LogP contribution in [0.1, 0.15) is 44.2 Å². The predicted octanol–water partition coefficient (Wildman–Crippen LogP) is 4.43. The molecule has 18 heavy (non-hydrogen) atoms. The minimum atomic E-state index is -0.174. The summed E-state index contributed by atoms with van der Waals surface area (Å²) in [5.41, 5.74) is 0.717. The maximum atomic E-state index is 14.1. The van der Waals surface area contributed by atoms with Gasteiger partial charge >= 0.3 is 0 Å². The van der Waals surface area contributed by atoms with Gasteiger partial charge in [-0.25, -0.2) is 4.39 Å². The molecule has 98 valence electrons. The number of hydrogen-bond acceptors (Lipinski definition) is 1. The third-order valence-corrected chi connectivity index (χ3v) is 3.42. The summed E-state index contributed by atoms with van der Waals surface area (Å²) in [4.78, 5) is 0. The molecule has 0 bridgehead atoms. The summed E-state index contributed by atoms with van der Waals surface area (Å²) in [6.45, 7) is 2.98. The van der Waals surface area contributed by atoms with E-state index in [9.17, 15) is 4.39 Å². The average molecular weight is 312 g/mol. The van der Waals surface area contributed by atoms with Gasteiger partial charge in [0.05, 0.1) is 4.47 Å². The molecule has 3 heteroatoms. The second-order valence-corrected chi connectivity index (χ2v) is 5.10. The highest BCUT2D eigenvalue weighted by molar-refractivity contribution is 9.10. The number of hydrogen-bond donors (Lipinski definition) is 1. The van der Waals surface area contributed by atoms with Crippen molar-refractivity contribution in [2.45, 2.75) is 38.6 Å². The predicted molar refractivity (Wildman–Crippen MR) is 77.8 cm³/mol. The third-order valence-electron chi connectivity index (χ3n) is 2.81. The van der Waals surface area contributed by atoms with Crippen molar-refractivity contribution in [3.05, 3.63) is 34.1 Å². The van der Waals surface area contributed by atoms with Crippen LogP contribution in [0, 0.1) is 18.2 Å². The van der Waals surface area contributed by atoms with Gasteiger partial charge in [0.2, 0.25) is 0 Å². The molecule has 1 aromatic rings. The molecule has 1 unspecified atom stereocenters. The molecule has 0 amide bonds. The molecule has 0 aromatic heterocycles. The van der Waals surface area contributed by atoms with Crippen molar-refractivity contribution in [3.63, 3.8) is 0 Å². The standard InChI is InChI=1S/C15H19BrFN/c1-3-5-6-10-14(18-11-4-2)12-8-7-9-13(16)15(12)17/h1,7-9,14,18H,4-6,10-11H2,2H3. The molecule has 1 atom stereocenters. The molecule has 0 saturated heterocycles. The highest BCUT2D eigenvalue weighted by Gasteiger charge is 2.16. The van der Waals surface area contributed by atoms with Gasteiger partial charge in [0.25, 0.3) is 0 Å². The Morgan fingerprint density at radius 2 is 2.28 bits per heavy atom. The Bertz CT molecular complexity index is 411. The van der Waals surface area contributed by atoms with Crippen molar-refractivity contribution in [3.8, 4) is 12.3 Å². The zero-order chi connectivity index (χ0) is 13.4. The lowest BCUT2D eigenvalue weighted by atomic mass is 10.0. The second kappa shape index (κ2) is 8.29. The average Bonchev–Trinajstić information content (AvgIpc) is 2.37. The first-order valence-corrected chi connectivity index (χ1v) is 7.10. The van der Waals surface area contributed by atoms with Crippen LogP contribution in [-0.4, -0.2) is 6.54 Å². The van der Waals surface area contributed by atoms with Crippen molar-refractivity contribution in [2.24, 2.45) is 0 Å². The maximum absolute atomic E-state index is 14.1. The van der Waals surface area contributed by atoms with Crippen molar-refractivity contribution >= 4 is 15.9 Å². The Morgan fingerprint density at radius 3 is 2.94 bits per heavy atom. The third kappa shape index (κ3) is 4.44. The molecule has 0 spiro atoms. The van der Waals surface area contributed by atoms with Gasteiger partial charge in [-0.15, -0.1) is 12.3 Å².